The third kappa shape index (κ3) is 5.27. The average molecular weight is 347 g/mol. The number of benzene rings is 2. The fourth-order valence-electron chi connectivity index (χ4n) is 1.63. The molecule has 0 radical (unpaired) electrons. The van der Waals surface area contributed by atoms with Crippen LogP contribution in [0.5, 0.6) is 0 Å². The third-order valence-corrected chi connectivity index (χ3v) is 3.04. The predicted molar refractivity (Wildman–Crippen MR) is 89.3 cm³/mol. The Morgan fingerprint density at radius 3 is 2.48 bits per heavy atom. The van der Waals surface area contributed by atoms with Gasteiger partial charge in [0, 0.05) is 15.8 Å². The van der Waals surface area contributed by atoms with E-state index in [1.807, 2.05) is 48.5 Å². The van der Waals surface area contributed by atoms with Crippen molar-refractivity contribution in [2.24, 2.45) is 10.7 Å². The lowest BCUT2D eigenvalue weighted by molar-refractivity contribution is -0.114. The molecule has 0 bridgehead atoms. The van der Waals surface area contributed by atoms with Gasteiger partial charge in [-0.15, -0.1) is 0 Å². The summed E-state index contributed by atoms with van der Waals surface area (Å²) in [5, 5.41) is 5.65. The summed E-state index contributed by atoms with van der Waals surface area (Å²) in [6.07, 6.45) is 0. The van der Waals surface area contributed by atoms with Crippen LogP contribution >= 0.6 is 15.9 Å². The molecule has 0 saturated carbocycles. The highest BCUT2D eigenvalue weighted by Gasteiger charge is 2.02. The SMILES string of the molecule is NC(=NCC(=O)Nc1cccc(Br)c1)Nc1ccccc1. The number of halogens is 1. The highest BCUT2D eigenvalue weighted by Crippen LogP contribution is 2.15. The van der Waals surface area contributed by atoms with Gasteiger partial charge in [-0.05, 0) is 30.3 Å². The summed E-state index contributed by atoms with van der Waals surface area (Å²) in [5.41, 5.74) is 7.26. The maximum absolute atomic E-state index is 11.8. The highest BCUT2D eigenvalue weighted by molar-refractivity contribution is 9.10. The summed E-state index contributed by atoms with van der Waals surface area (Å²) in [4.78, 5) is 15.8. The molecule has 1 amide bonds. The molecule has 0 heterocycles. The molecule has 0 spiro atoms. The van der Waals surface area contributed by atoms with Crippen molar-refractivity contribution < 1.29 is 4.79 Å². The molecule has 2 aromatic rings. The first-order chi connectivity index (χ1) is 10.1. The van der Waals surface area contributed by atoms with E-state index in [1.54, 1.807) is 6.07 Å². The summed E-state index contributed by atoms with van der Waals surface area (Å²) in [6, 6.07) is 16.7. The van der Waals surface area contributed by atoms with Gasteiger partial charge >= 0.3 is 0 Å². The molecular weight excluding hydrogens is 332 g/mol. The van der Waals surface area contributed by atoms with Crippen LogP contribution in [0.25, 0.3) is 0 Å². The van der Waals surface area contributed by atoms with Gasteiger partial charge in [0.15, 0.2) is 5.96 Å². The first-order valence-corrected chi connectivity index (χ1v) is 7.10. The third-order valence-electron chi connectivity index (χ3n) is 2.55. The monoisotopic (exact) mass is 346 g/mol. The highest BCUT2D eigenvalue weighted by atomic mass is 79.9. The largest absolute Gasteiger partial charge is 0.370 e. The Morgan fingerprint density at radius 1 is 1.05 bits per heavy atom. The Hall–Kier alpha value is -2.34. The molecule has 6 heteroatoms. The van der Waals surface area contributed by atoms with Gasteiger partial charge in [-0.1, -0.05) is 40.2 Å². The summed E-state index contributed by atoms with van der Waals surface area (Å²) < 4.78 is 0.897. The standard InChI is InChI=1S/C15H15BrN4O/c16-11-5-4-8-13(9-11)19-14(21)10-18-15(17)20-12-6-2-1-3-7-12/h1-9H,10H2,(H,19,21)(H3,17,18,20). The number of nitrogens with two attached hydrogens (primary N) is 1. The number of hydrogen-bond donors (Lipinski definition) is 3. The number of amides is 1. The first kappa shape index (κ1) is 15.1. The van der Waals surface area contributed by atoms with Crippen LogP contribution < -0.4 is 16.4 Å². The van der Waals surface area contributed by atoms with Crippen molar-refractivity contribution in [3.05, 3.63) is 59.1 Å². The molecule has 0 unspecified atom stereocenters. The number of carbonyl (C=O) groups is 1. The molecule has 0 aliphatic rings. The Labute approximate surface area is 131 Å². The minimum atomic E-state index is -0.231. The molecular formula is C15H15BrN4O. The number of para-hydroxylation sites is 1. The van der Waals surface area contributed by atoms with Crippen molar-refractivity contribution in [3.63, 3.8) is 0 Å². The van der Waals surface area contributed by atoms with Crippen molar-refractivity contribution >= 4 is 39.2 Å². The normalized spacial score (nSPS) is 11.0. The van der Waals surface area contributed by atoms with E-state index in [0.29, 0.717) is 5.69 Å². The molecule has 0 aliphatic carbocycles. The molecule has 21 heavy (non-hydrogen) atoms. The summed E-state index contributed by atoms with van der Waals surface area (Å²) in [6.45, 7) is -0.0435. The van der Waals surface area contributed by atoms with E-state index in [9.17, 15) is 4.79 Å². The fraction of sp³-hybridized carbons (Fsp3) is 0.0667. The van der Waals surface area contributed by atoms with E-state index < -0.39 is 0 Å². The number of aliphatic imine (C=N–C) groups is 1. The lowest BCUT2D eigenvalue weighted by atomic mass is 10.3. The number of rotatable bonds is 4. The molecule has 0 atom stereocenters. The second-order valence-electron chi connectivity index (χ2n) is 4.25. The molecule has 4 N–H and O–H groups in total. The van der Waals surface area contributed by atoms with Crippen LogP contribution in [-0.4, -0.2) is 18.4 Å². The zero-order chi connectivity index (χ0) is 15.1. The van der Waals surface area contributed by atoms with Crippen LogP contribution in [0.2, 0.25) is 0 Å². The molecule has 5 nitrogen and oxygen atoms in total. The average Bonchev–Trinajstić information content (AvgIpc) is 2.46. The van der Waals surface area contributed by atoms with E-state index in [1.165, 1.54) is 0 Å². The summed E-state index contributed by atoms with van der Waals surface area (Å²) >= 11 is 3.34. The van der Waals surface area contributed by atoms with Gasteiger partial charge in [0.25, 0.3) is 0 Å². The van der Waals surface area contributed by atoms with Gasteiger partial charge in [-0.3, -0.25) is 4.79 Å². The first-order valence-electron chi connectivity index (χ1n) is 6.31. The number of nitrogens with one attached hydrogen (secondary N) is 2. The van der Waals surface area contributed by atoms with Crippen LogP contribution in [0, 0.1) is 0 Å². The number of hydrogen-bond acceptors (Lipinski definition) is 2. The molecule has 108 valence electrons. The Bertz CT molecular complexity index is 643. The molecule has 0 aromatic heterocycles. The fourth-order valence-corrected chi connectivity index (χ4v) is 2.03. The van der Waals surface area contributed by atoms with Crippen molar-refractivity contribution in [3.8, 4) is 0 Å². The van der Waals surface area contributed by atoms with Crippen molar-refractivity contribution in [2.45, 2.75) is 0 Å². The topological polar surface area (TPSA) is 79.5 Å². The number of guanidine groups is 1. The van der Waals surface area contributed by atoms with E-state index in [2.05, 4.69) is 31.6 Å². The minimum Gasteiger partial charge on any atom is -0.370 e. The lowest BCUT2D eigenvalue weighted by Crippen LogP contribution is -2.25. The van der Waals surface area contributed by atoms with Crippen LogP contribution in [0.15, 0.2) is 64.1 Å². The second-order valence-corrected chi connectivity index (χ2v) is 5.17. The van der Waals surface area contributed by atoms with Crippen molar-refractivity contribution in [1.82, 2.24) is 0 Å². The molecule has 0 aliphatic heterocycles. The van der Waals surface area contributed by atoms with Crippen molar-refractivity contribution in [1.29, 1.82) is 0 Å². The van der Waals surface area contributed by atoms with Crippen LogP contribution in [0.4, 0.5) is 11.4 Å². The minimum absolute atomic E-state index is 0.0435. The van der Waals surface area contributed by atoms with Crippen LogP contribution in [0.3, 0.4) is 0 Å². The second kappa shape index (κ2) is 7.44. The zero-order valence-corrected chi connectivity index (χ0v) is 12.8. The van der Waals surface area contributed by atoms with Gasteiger partial charge in [-0.2, -0.15) is 0 Å². The molecule has 0 saturated heterocycles. The number of anilines is 2. The van der Waals surface area contributed by atoms with Crippen molar-refractivity contribution in [2.75, 3.05) is 17.2 Å². The van der Waals surface area contributed by atoms with Crippen LogP contribution in [0.1, 0.15) is 0 Å². The smallest absolute Gasteiger partial charge is 0.246 e. The predicted octanol–water partition coefficient (Wildman–Crippen LogP) is 2.81. The van der Waals surface area contributed by atoms with E-state index in [0.717, 1.165) is 10.2 Å². The Morgan fingerprint density at radius 2 is 1.76 bits per heavy atom. The Balaban J connectivity index is 1.86. The van der Waals surface area contributed by atoms with Gasteiger partial charge in [0.1, 0.15) is 6.54 Å². The lowest BCUT2D eigenvalue weighted by Gasteiger charge is -2.06. The van der Waals surface area contributed by atoms with E-state index >= 15 is 0 Å². The van der Waals surface area contributed by atoms with E-state index in [4.69, 9.17) is 5.73 Å². The van der Waals surface area contributed by atoms with Crippen LogP contribution in [-0.2, 0) is 4.79 Å². The molecule has 0 fully saturated rings. The molecule has 2 aromatic carbocycles. The van der Waals surface area contributed by atoms with Gasteiger partial charge in [0.05, 0.1) is 0 Å². The number of nitrogens with zero attached hydrogens (tertiary/aromatic N) is 1. The maximum atomic E-state index is 11.8. The van der Waals surface area contributed by atoms with Gasteiger partial charge in [-0.25, -0.2) is 4.99 Å². The summed E-state index contributed by atoms with van der Waals surface area (Å²) in [5.74, 6) is -0.0310. The maximum Gasteiger partial charge on any atom is 0.246 e. The van der Waals surface area contributed by atoms with E-state index in [-0.39, 0.29) is 18.4 Å². The molecule has 2 rings (SSSR count). The quantitative estimate of drug-likeness (QED) is 0.588. The Kier molecular flexibility index (Phi) is 5.34. The number of carbonyl (C=O) groups excluding carboxylic acids is 1. The zero-order valence-electron chi connectivity index (χ0n) is 11.2. The van der Waals surface area contributed by atoms with Gasteiger partial charge < -0.3 is 16.4 Å². The summed E-state index contributed by atoms with van der Waals surface area (Å²) in [7, 11) is 0. The van der Waals surface area contributed by atoms with Gasteiger partial charge in [0.2, 0.25) is 5.91 Å².